The third-order valence-corrected chi connectivity index (χ3v) is 6.44. The topological polar surface area (TPSA) is 82.4 Å². The van der Waals surface area contributed by atoms with E-state index >= 15 is 0 Å². The van der Waals surface area contributed by atoms with E-state index < -0.39 is 11.9 Å². The highest BCUT2D eigenvalue weighted by molar-refractivity contribution is 7.09. The van der Waals surface area contributed by atoms with Gasteiger partial charge in [0.2, 0.25) is 5.13 Å². The highest BCUT2D eigenvalue weighted by Gasteiger charge is 2.39. The molecule has 0 bridgehead atoms. The van der Waals surface area contributed by atoms with Crippen LogP contribution in [0.2, 0.25) is 0 Å². The molecule has 0 radical (unpaired) electrons. The number of halogens is 1. The number of nitriles is 1. The van der Waals surface area contributed by atoms with E-state index in [9.17, 15) is 9.18 Å². The van der Waals surface area contributed by atoms with Crippen molar-refractivity contribution in [2.75, 3.05) is 24.5 Å². The molecule has 9 heteroatoms. The van der Waals surface area contributed by atoms with Gasteiger partial charge in [-0.05, 0) is 31.0 Å². The Morgan fingerprint density at radius 1 is 1.27 bits per heavy atom. The van der Waals surface area contributed by atoms with Crippen molar-refractivity contribution in [3.05, 3.63) is 35.4 Å². The average molecular weight is 430 g/mol. The van der Waals surface area contributed by atoms with Crippen molar-refractivity contribution in [3.8, 4) is 11.8 Å². The van der Waals surface area contributed by atoms with Crippen LogP contribution in [-0.4, -0.2) is 51.9 Å². The van der Waals surface area contributed by atoms with E-state index in [-0.39, 0.29) is 23.3 Å². The van der Waals surface area contributed by atoms with Crippen LogP contribution in [0.4, 0.5) is 9.52 Å². The SMILES string of the molecule is CC(C)c1nsc(N2CCC(N3CCC(Oc4ccc(C#N)cc4F)C3=O)CC2)n1. The van der Waals surface area contributed by atoms with Gasteiger partial charge in [-0.25, -0.2) is 9.37 Å². The number of hydrogen-bond donors (Lipinski definition) is 0. The lowest BCUT2D eigenvalue weighted by Crippen LogP contribution is -2.47. The predicted molar refractivity (Wildman–Crippen MR) is 111 cm³/mol. The molecule has 0 saturated carbocycles. The minimum absolute atomic E-state index is 0.0150. The van der Waals surface area contributed by atoms with E-state index in [4.69, 9.17) is 10.00 Å². The van der Waals surface area contributed by atoms with Gasteiger partial charge in [-0.1, -0.05) is 13.8 Å². The summed E-state index contributed by atoms with van der Waals surface area (Å²) in [4.78, 5) is 21.6. The number of carbonyl (C=O) groups is 1. The van der Waals surface area contributed by atoms with Gasteiger partial charge in [-0.3, -0.25) is 4.79 Å². The zero-order valence-corrected chi connectivity index (χ0v) is 17.9. The molecule has 4 rings (SSSR count). The molecule has 1 aromatic carbocycles. The first-order chi connectivity index (χ1) is 14.5. The van der Waals surface area contributed by atoms with Gasteiger partial charge in [0.1, 0.15) is 5.82 Å². The Balaban J connectivity index is 1.34. The van der Waals surface area contributed by atoms with Gasteiger partial charge in [0, 0.05) is 49.5 Å². The molecule has 158 valence electrons. The molecule has 3 heterocycles. The molecule has 7 nitrogen and oxygen atoms in total. The number of carbonyl (C=O) groups excluding carboxylic acids is 1. The van der Waals surface area contributed by atoms with Crippen molar-refractivity contribution in [2.24, 2.45) is 0 Å². The minimum Gasteiger partial charge on any atom is -0.477 e. The fraction of sp³-hybridized carbons (Fsp3) is 0.524. The Hall–Kier alpha value is -2.73. The number of piperidine rings is 1. The van der Waals surface area contributed by atoms with Crippen molar-refractivity contribution in [3.63, 3.8) is 0 Å². The Morgan fingerprint density at radius 3 is 2.67 bits per heavy atom. The number of nitrogens with zero attached hydrogens (tertiary/aromatic N) is 5. The van der Waals surface area contributed by atoms with Gasteiger partial charge in [0.15, 0.2) is 17.7 Å². The summed E-state index contributed by atoms with van der Waals surface area (Å²) in [6.07, 6.45) is 1.58. The molecule has 2 aliphatic rings. The van der Waals surface area contributed by atoms with Crippen molar-refractivity contribution in [1.82, 2.24) is 14.3 Å². The van der Waals surface area contributed by atoms with Crippen LogP contribution in [-0.2, 0) is 4.79 Å². The molecular formula is C21H24FN5O2S. The fourth-order valence-corrected chi connectivity index (χ4v) is 4.78. The van der Waals surface area contributed by atoms with Crippen molar-refractivity contribution in [1.29, 1.82) is 5.26 Å². The first-order valence-corrected chi connectivity index (χ1v) is 11.0. The summed E-state index contributed by atoms with van der Waals surface area (Å²) < 4.78 is 24.2. The van der Waals surface area contributed by atoms with Crippen molar-refractivity contribution < 1.29 is 13.9 Å². The Labute approximate surface area is 179 Å². The smallest absolute Gasteiger partial charge is 0.263 e. The summed E-state index contributed by atoms with van der Waals surface area (Å²) in [7, 11) is 0. The van der Waals surface area contributed by atoms with Crippen LogP contribution in [0.25, 0.3) is 0 Å². The fourth-order valence-electron chi connectivity index (χ4n) is 3.92. The number of likely N-dealkylation sites (tertiary alicyclic amines) is 1. The maximum Gasteiger partial charge on any atom is 0.263 e. The van der Waals surface area contributed by atoms with Crippen LogP contribution in [0.1, 0.15) is 50.4 Å². The summed E-state index contributed by atoms with van der Waals surface area (Å²) >= 11 is 1.43. The molecular weight excluding hydrogens is 405 g/mol. The maximum atomic E-state index is 14.1. The van der Waals surface area contributed by atoms with Crippen LogP contribution < -0.4 is 9.64 Å². The van der Waals surface area contributed by atoms with Gasteiger partial charge >= 0.3 is 0 Å². The van der Waals surface area contributed by atoms with Gasteiger partial charge in [0.05, 0.1) is 11.6 Å². The molecule has 2 aliphatic heterocycles. The number of aromatic nitrogens is 2. The van der Waals surface area contributed by atoms with Crippen LogP contribution in [0.15, 0.2) is 18.2 Å². The van der Waals surface area contributed by atoms with Crippen LogP contribution in [0, 0.1) is 17.1 Å². The zero-order chi connectivity index (χ0) is 21.3. The first-order valence-electron chi connectivity index (χ1n) is 10.2. The summed E-state index contributed by atoms with van der Waals surface area (Å²) in [5.41, 5.74) is 0.224. The number of benzene rings is 1. The molecule has 2 saturated heterocycles. The van der Waals surface area contributed by atoms with E-state index in [2.05, 4.69) is 28.1 Å². The predicted octanol–water partition coefficient (Wildman–Crippen LogP) is 3.32. The summed E-state index contributed by atoms with van der Waals surface area (Å²) in [5, 5.41) is 9.79. The summed E-state index contributed by atoms with van der Waals surface area (Å²) in [5.74, 6) is 0.498. The van der Waals surface area contributed by atoms with E-state index in [1.165, 1.54) is 23.7 Å². The molecule has 2 fully saturated rings. The summed E-state index contributed by atoms with van der Waals surface area (Å²) in [6.45, 7) is 6.44. The minimum atomic E-state index is -0.678. The van der Waals surface area contributed by atoms with E-state index in [1.54, 1.807) is 0 Å². The number of anilines is 1. The molecule has 1 atom stereocenters. The normalized spacial score (nSPS) is 20.1. The lowest BCUT2D eigenvalue weighted by atomic mass is 10.0. The monoisotopic (exact) mass is 429 g/mol. The van der Waals surface area contributed by atoms with Crippen LogP contribution in [0.3, 0.4) is 0 Å². The molecule has 0 aliphatic carbocycles. The first kappa shape index (κ1) is 20.5. The van der Waals surface area contributed by atoms with Gasteiger partial charge in [-0.2, -0.15) is 9.64 Å². The van der Waals surface area contributed by atoms with E-state index in [0.29, 0.717) is 18.9 Å². The number of ether oxygens (including phenoxy) is 1. The second-order valence-corrected chi connectivity index (χ2v) is 8.72. The zero-order valence-electron chi connectivity index (χ0n) is 17.0. The lowest BCUT2D eigenvalue weighted by Gasteiger charge is -2.36. The van der Waals surface area contributed by atoms with Crippen LogP contribution in [0.5, 0.6) is 5.75 Å². The molecule has 1 amide bonds. The standard InChI is InChI=1S/C21H24FN5O2S/c1-13(2)19-24-21(30-25-19)26-8-5-15(6-9-26)27-10-7-18(20(27)28)29-17-4-3-14(12-23)11-16(17)22/h3-4,11,13,15,18H,5-10H2,1-2H3. The van der Waals surface area contributed by atoms with Gasteiger partial charge in [0.25, 0.3) is 5.91 Å². The third-order valence-electron chi connectivity index (χ3n) is 5.64. The van der Waals surface area contributed by atoms with Crippen LogP contribution >= 0.6 is 11.5 Å². The number of rotatable bonds is 5. The highest BCUT2D eigenvalue weighted by Crippen LogP contribution is 2.29. The number of hydrogen-bond acceptors (Lipinski definition) is 7. The van der Waals surface area contributed by atoms with Crippen molar-refractivity contribution >= 4 is 22.6 Å². The second kappa shape index (κ2) is 8.56. The van der Waals surface area contributed by atoms with E-state index in [0.717, 1.165) is 43.0 Å². The molecule has 2 aromatic rings. The summed E-state index contributed by atoms with van der Waals surface area (Å²) in [6, 6.07) is 6.07. The van der Waals surface area contributed by atoms with E-state index in [1.807, 2.05) is 11.0 Å². The Kier molecular flexibility index (Phi) is 5.86. The largest absolute Gasteiger partial charge is 0.477 e. The molecule has 30 heavy (non-hydrogen) atoms. The van der Waals surface area contributed by atoms with Gasteiger partial charge in [-0.15, -0.1) is 0 Å². The lowest BCUT2D eigenvalue weighted by molar-refractivity contribution is -0.135. The number of amides is 1. The molecule has 0 spiro atoms. The molecule has 1 aromatic heterocycles. The molecule has 0 N–H and O–H groups in total. The Bertz CT molecular complexity index is 965. The molecule has 1 unspecified atom stereocenters. The van der Waals surface area contributed by atoms with Crippen molar-refractivity contribution in [2.45, 2.75) is 51.2 Å². The highest BCUT2D eigenvalue weighted by atomic mass is 32.1. The van der Waals surface area contributed by atoms with Gasteiger partial charge < -0.3 is 14.5 Å². The third kappa shape index (κ3) is 4.10. The Morgan fingerprint density at radius 2 is 2.03 bits per heavy atom. The second-order valence-electron chi connectivity index (χ2n) is 7.99. The average Bonchev–Trinajstić information content (AvgIpc) is 3.37. The quantitative estimate of drug-likeness (QED) is 0.725. The maximum absolute atomic E-state index is 14.1.